The van der Waals surface area contributed by atoms with Gasteiger partial charge >= 0.3 is 6.18 Å². The van der Waals surface area contributed by atoms with Gasteiger partial charge in [-0.05, 0) is 12.5 Å². The van der Waals surface area contributed by atoms with Gasteiger partial charge < -0.3 is 26.0 Å². The van der Waals surface area contributed by atoms with E-state index < -0.39 is 23.7 Å². The lowest BCUT2D eigenvalue weighted by Crippen LogP contribution is -2.54. The number of hydrogen-bond acceptors (Lipinski definition) is 8. The molecule has 4 rings (SSSR count). The third kappa shape index (κ3) is 4.59. The Labute approximate surface area is 174 Å². The van der Waals surface area contributed by atoms with Crippen molar-refractivity contribution in [3.05, 3.63) is 35.7 Å². The van der Waals surface area contributed by atoms with Crippen LogP contribution in [0.25, 0.3) is 0 Å². The van der Waals surface area contributed by atoms with Crippen LogP contribution in [-0.2, 0) is 11.0 Å². The molecule has 2 saturated heterocycles. The zero-order valence-corrected chi connectivity index (χ0v) is 16.0. The quantitative estimate of drug-likeness (QED) is 0.597. The van der Waals surface area contributed by atoms with E-state index in [9.17, 15) is 22.8 Å². The number of ether oxygens (including phenoxy) is 1. The van der Waals surface area contributed by atoms with Crippen molar-refractivity contribution in [2.75, 3.05) is 29.9 Å². The maximum Gasteiger partial charge on any atom is 0.417 e. The van der Waals surface area contributed by atoms with Crippen molar-refractivity contribution in [1.82, 2.24) is 20.3 Å². The summed E-state index contributed by atoms with van der Waals surface area (Å²) in [6.07, 6.45) is -3.53. The van der Waals surface area contributed by atoms with E-state index in [-0.39, 0.29) is 35.4 Å². The standard InChI is InChI=1S/C18H18F3N7O3/c19-18(20,21)9-1-2-14(24-6-9)31-10-7-28(8-10)17-26-12(15(22)29)5-13(27-17)25-11-3-4-23-16(11)30/h1-2,5-6,10-11H,3-4,7-8H2,(H2,22,29)(H,23,30)(H,25,26,27)/t11-/m0/s1. The summed E-state index contributed by atoms with van der Waals surface area (Å²) in [7, 11) is 0. The van der Waals surface area contributed by atoms with Crippen LogP contribution >= 0.6 is 0 Å². The van der Waals surface area contributed by atoms with E-state index in [0.29, 0.717) is 32.3 Å². The fourth-order valence-corrected chi connectivity index (χ4v) is 3.15. The molecule has 2 amide bonds. The number of aromatic nitrogens is 3. The zero-order valence-electron chi connectivity index (χ0n) is 16.0. The lowest BCUT2D eigenvalue weighted by molar-refractivity contribution is -0.137. The van der Waals surface area contributed by atoms with E-state index in [2.05, 4.69) is 25.6 Å². The Morgan fingerprint density at radius 3 is 2.65 bits per heavy atom. The Hall–Kier alpha value is -3.64. The highest BCUT2D eigenvalue weighted by molar-refractivity contribution is 5.92. The molecule has 164 valence electrons. The summed E-state index contributed by atoms with van der Waals surface area (Å²) in [5, 5.41) is 5.66. The highest BCUT2D eigenvalue weighted by atomic mass is 19.4. The summed E-state index contributed by atoms with van der Waals surface area (Å²) in [5.41, 5.74) is 4.48. The number of carbonyl (C=O) groups is 2. The molecule has 0 aliphatic carbocycles. The number of anilines is 2. The van der Waals surface area contributed by atoms with Crippen molar-refractivity contribution in [2.45, 2.75) is 24.7 Å². The second kappa shape index (κ2) is 7.89. The molecule has 0 aromatic carbocycles. The molecule has 2 aliphatic heterocycles. The molecule has 2 fully saturated rings. The topological polar surface area (TPSA) is 135 Å². The Balaban J connectivity index is 1.41. The van der Waals surface area contributed by atoms with Crippen molar-refractivity contribution in [1.29, 1.82) is 0 Å². The van der Waals surface area contributed by atoms with Gasteiger partial charge in [-0.25, -0.2) is 9.97 Å². The molecule has 4 N–H and O–H groups in total. The fraction of sp³-hybridized carbons (Fsp3) is 0.389. The van der Waals surface area contributed by atoms with Crippen LogP contribution in [0.1, 0.15) is 22.5 Å². The van der Waals surface area contributed by atoms with E-state index in [4.69, 9.17) is 10.5 Å². The number of hydrogen-bond donors (Lipinski definition) is 3. The molecule has 2 aromatic heterocycles. The summed E-state index contributed by atoms with van der Waals surface area (Å²) < 4.78 is 43.4. The lowest BCUT2D eigenvalue weighted by atomic mass is 10.2. The predicted octanol–water partition coefficient (Wildman–Crippen LogP) is 0.557. The van der Waals surface area contributed by atoms with Crippen molar-refractivity contribution in [3.8, 4) is 5.88 Å². The van der Waals surface area contributed by atoms with E-state index in [1.807, 2.05) is 0 Å². The number of nitrogens with two attached hydrogens (primary N) is 1. The van der Waals surface area contributed by atoms with E-state index in [0.717, 1.165) is 12.1 Å². The second-order valence-corrected chi connectivity index (χ2v) is 7.11. The first-order valence-corrected chi connectivity index (χ1v) is 9.37. The Morgan fingerprint density at radius 2 is 2.06 bits per heavy atom. The third-order valence-corrected chi connectivity index (χ3v) is 4.82. The first-order valence-electron chi connectivity index (χ1n) is 9.37. The van der Waals surface area contributed by atoms with Crippen molar-refractivity contribution >= 4 is 23.6 Å². The van der Waals surface area contributed by atoms with Crippen LogP contribution in [0.5, 0.6) is 5.88 Å². The Morgan fingerprint density at radius 1 is 1.29 bits per heavy atom. The van der Waals surface area contributed by atoms with E-state index >= 15 is 0 Å². The number of rotatable bonds is 6. The molecule has 2 aromatic rings. The van der Waals surface area contributed by atoms with Crippen LogP contribution < -0.4 is 26.0 Å². The van der Waals surface area contributed by atoms with Gasteiger partial charge in [0.2, 0.25) is 17.7 Å². The number of pyridine rings is 1. The summed E-state index contributed by atoms with van der Waals surface area (Å²) in [4.78, 5) is 37.3. The lowest BCUT2D eigenvalue weighted by Gasteiger charge is -2.38. The number of nitrogens with one attached hydrogen (secondary N) is 2. The minimum absolute atomic E-state index is 0.0142. The monoisotopic (exact) mass is 437 g/mol. The summed E-state index contributed by atoms with van der Waals surface area (Å²) in [6, 6.07) is 2.96. The van der Waals surface area contributed by atoms with Gasteiger partial charge in [-0.3, -0.25) is 9.59 Å². The number of amides is 2. The van der Waals surface area contributed by atoms with Gasteiger partial charge in [-0.15, -0.1) is 0 Å². The van der Waals surface area contributed by atoms with Gasteiger partial charge in [0.25, 0.3) is 5.91 Å². The third-order valence-electron chi connectivity index (χ3n) is 4.82. The molecule has 0 spiro atoms. The Bertz CT molecular complexity index is 994. The fourth-order valence-electron chi connectivity index (χ4n) is 3.15. The molecular weight excluding hydrogens is 419 g/mol. The van der Waals surface area contributed by atoms with E-state index in [1.54, 1.807) is 4.90 Å². The summed E-state index contributed by atoms with van der Waals surface area (Å²) in [5.74, 6) is -0.335. The van der Waals surface area contributed by atoms with Crippen molar-refractivity contribution in [2.24, 2.45) is 5.73 Å². The van der Waals surface area contributed by atoms with Crippen LogP contribution in [0.2, 0.25) is 0 Å². The van der Waals surface area contributed by atoms with E-state index in [1.165, 1.54) is 6.07 Å². The number of carbonyl (C=O) groups excluding carboxylic acids is 2. The largest absolute Gasteiger partial charge is 0.471 e. The van der Waals surface area contributed by atoms with Gasteiger partial charge in [0.05, 0.1) is 18.7 Å². The molecule has 10 nitrogen and oxygen atoms in total. The van der Waals surface area contributed by atoms with Gasteiger partial charge in [-0.1, -0.05) is 0 Å². The summed E-state index contributed by atoms with van der Waals surface area (Å²) >= 11 is 0. The zero-order chi connectivity index (χ0) is 22.2. The molecule has 13 heteroatoms. The van der Waals surface area contributed by atoms with Crippen molar-refractivity contribution < 1.29 is 27.5 Å². The minimum atomic E-state index is -4.47. The van der Waals surface area contributed by atoms with Crippen LogP contribution in [0, 0.1) is 0 Å². The number of alkyl halides is 3. The average Bonchev–Trinajstić information content (AvgIpc) is 3.08. The van der Waals surface area contributed by atoms with Gasteiger partial charge in [0.1, 0.15) is 23.7 Å². The van der Waals surface area contributed by atoms with Crippen LogP contribution in [-0.4, -0.2) is 58.5 Å². The van der Waals surface area contributed by atoms with Crippen LogP contribution in [0.3, 0.4) is 0 Å². The molecule has 4 heterocycles. The molecule has 0 radical (unpaired) electrons. The molecule has 2 aliphatic rings. The maximum absolute atomic E-state index is 12.6. The van der Waals surface area contributed by atoms with Crippen molar-refractivity contribution in [3.63, 3.8) is 0 Å². The SMILES string of the molecule is NC(=O)c1cc(N[C@H]2CCNC2=O)nc(N2CC(Oc3ccc(C(F)(F)F)cn3)C2)n1. The van der Waals surface area contributed by atoms with Gasteiger partial charge in [0, 0.05) is 24.9 Å². The predicted molar refractivity (Wildman–Crippen MR) is 101 cm³/mol. The Kier molecular flexibility index (Phi) is 5.25. The smallest absolute Gasteiger partial charge is 0.417 e. The highest BCUT2D eigenvalue weighted by Crippen LogP contribution is 2.30. The second-order valence-electron chi connectivity index (χ2n) is 7.11. The molecule has 1 atom stereocenters. The maximum atomic E-state index is 12.6. The highest BCUT2D eigenvalue weighted by Gasteiger charge is 2.33. The first kappa shape index (κ1) is 20.6. The van der Waals surface area contributed by atoms with Gasteiger partial charge in [0.15, 0.2) is 0 Å². The number of primary amides is 1. The molecule has 0 saturated carbocycles. The molecule has 31 heavy (non-hydrogen) atoms. The summed E-state index contributed by atoms with van der Waals surface area (Å²) in [6.45, 7) is 1.20. The normalized spacial score (nSPS) is 19.0. The minimum Gasteiger partial charge on any atom is -0.471 e. The first-order chi connectivity index (χ1) is 14.7. The molecule has 0 bridgehead atoms. The van der Waals surface area contributed by atoms with Crippen LogP contribution in [0.4, 0.5) is 24.9 Å². The van der Waals surface area contributed by atoms with Gasteiger partial charge in [-0.2, -0.15) is 18.2 Å². The average molecular weight is 437 g/mol. The molecule has 0 unspecified atom stereocenters. The molecular formula is C18H18F3N7O3. The number of halogens is 3. The van der Waals surface area contributed by atoms with Crippen LogP contribution in [0.15, 0.2) is 24.4 Å². The number of nitrogens with zero attached hydrogens (tertiary/aromatic N) is 4.